The average molecular weight is 203 g/mol. The fraction of sp³-hybridized carbons (Fsp3) is 1.00. The Labute approximate surface area is 88.1 Å². The summed E-state index contributed by atoms with van der Waals surface area (Å²) in [7, 11) is 2.09. The highest BCUT2D eigenvalue weighted by atomic mass is 32.2. The Bertz CT molecular complexity index is 96.1. The first kappa shape index (κ1) is 13.3. The highest BCUT2D eigenvalue weighted by molar-refractivity contribution is 7.98. The first-order valence-corrected chi connectivity index (χ1v) is 6.90. The van der Waals surface area contributed by atoms with Crippen LogP contribution in [0.15, 0.2) is 0 Å². The molecule has 0 radical (unpaired) electrons. The van der Waals surface area contributed by atoms with E-state index in [4.69, 9.17) is 0 Å². The maximum atomic E-state index is 3.40. The van der Waals surface area contributed by atoms with Crippen LogP contribution in [0.4, 0.5) is 0 Å². The third-order valence-corrected chi connectivity index (χ3v) is 3.13. The largest absolute Gasteiger partial charge is 0.317 e. The van der Waals surface area contributed by atoms with Gasteiger partial charge in [-0.25, -0.2) is 0 Å². The molecule has 1 unspecified atom stereocenters. The van der Waals surface area contributed by atoms with Gasteiger partial charge in [0.2, 0.25) is 0 Å². The molecule has 0 aromatic rings. The van der Waals surface area contributed by atoms with Gasteiger partial charge in [0.05, 0.1) is 0 Å². The summed E-state index contributed by atoms with van der Waals surface area (Å²) in [5.41, 5.74) is 0. The summed E-state index contributed by atoms with van der Waals surface area (Å²) in [6.07, 6.45) is 10.4. The zero-order chi connectivity index (χ0) is 9.94. The number of unbranched alkanes of at least 4 members (excludes halogenated alkanes) is 3. The maximum Gasteiger partial charge on any atom is 0.00719 e. The zero-order valence-corrected chi connectivity index (χ0v) is 10.3. The smallest absolute Gasteiger partial charge is 0.00719 e. The van der Waals surface area contributed by atoms with Crippen molar-refractivity contribution >= 4 is 11.8 Å². The normalized spacial score (nSPS) is 13.2. The van der Waals surface area contributed by atoms with E-state index in [1.807, 2.05) is 11.8 Å². The summed E-state index contributed by atoms with van der Waals surface area (Å²) < 4.78 is 0. The summed E-state index contributed by atoms with van der Waals surface area (Å²) in [6, 6.07) is 0.754. The molecule has 13 heavy (non-hydrogen) atoms. The average Bonchev–Trinajstić information content (AvgIpc) is 2.17. The van der Waals surface area contributed by atoms with Crippen LogP contribution >= 0.6 is 11.8 Å². The third kappa shape index (κ3) is 8.63. The number of nitrogens with one attached hydrogen (secondary N) is 1. The van der Waals surface area contributed by atoms with Crippen LogP contribution in [0.3, 0.4) is 0 Å². The van der Waals surface area contributed by atoms with Crippen molar-refractivity contribution < 1.29 is 0 Å². The lowest BCUT2D eigenvalue weighted by molar-refractivity contribution is 0.479. The minimum atomic E-state index is 0.754. The molecular formula is C11H25NS. The fourth-order valence-electron chi connectivity index (χ4n) is 1.51. The second-order valence-corrected chi connectivity index (χ2v) is 4.60. The van der Waals surface area contributed by atoms with Gasteiger partial charge in [0.15, 0.2) is 0 Å². The number of rotatable bonds is 9. The molecule has 0 heterocycles. The highest BCUT2D eigenvalue weighted by Gasteiger charge is 2.03. The van der Waals surface area contributed by atoms with E-state index in [0.717, 1.165) is 6.04 Å². The van der Waals surface area contributed by atoms with Gasteiger partial charge in [-0.05, 0) is 31.9 Å². The molecule has 0 amide bonds. The zero-order valence-electron chi connectivity index (χ0n) is 9.44. The minimum absolute atomic E-state index is 0.754. The van der Waals surface area contributed by atoms with Crippen LogP contribution < -0.4 is 5.32 Å². The van der Waals surface area contributed by atoms with E-state index in [9.17, 15) is 0 Å². The molecule has 0 spiro atoms. The Balaban J connectivity index is 3.25. The first-order valence-electron chi connectivity index (χ1n) is 5.51. The molecule has 0 aliphatic carbocycles. The predicted molar refractivity (Wildman–Crippen MR) is 64.6 cm³/mol. The predicted octanol–water partition coefficient (Wildman–Crippen LogP) is 3.30. The molecular weight excluding hydrogens is 178 g/mol. The Hall–Kier alpha value is 0.310. The Morgan fingerprint density at radius 2 is 1.92 bits per heavy atom. The lowest BCUT2D eigenvalue weighted by Gasteiger charge is -2.14. The molecule has 1 atom stereocenters. The van der Waals surface area contributed by atoms with Crippen LogP contribution in [0, 0.1) is 0 Å². The summed E-state index contributed by atoms with van der Waals surface area (Å²) in [6.45, 7) is 2.27. The van der Waals surface area contributed by atoms with Crippen molar-refractivity contribution in [3.8, 4) is 0 Å². The quantitative estimate of drug-likeness (QED) is 0.577. The van der Waals surface area contributed by atoms with Crippen molar-refractivity contribution in [3.63, 3.8) is 0 Å². The molecule has 0 aromatic carbocycles. The fourth-order valence-corrected chi connectivity index (χ4v) is 2.03. The van der Waals surface area contributed by atoms with Gasteiger partial charge in [-0.15, -0.1) is 0 Å². The van der Waals surface area contributed by atoms with Gasteiger partial charge >= 0.3 is 0 Å². The molecule has 0 rings (SSSR count). The summed E-state index contributed by atoms with van der Waals surface area (Å²) in [5, 5.41) is 3.40. The second-order valence-electron chi connectivity index (χ2n) is 3.62. The lowest BCUT2D eigenvalue weighted by Crippen LogP contribution is -2.25. The summed E-state index contributed by atoms with van der Waals surface area (Å²) in [4.78, 5) is 0. The Morgan fingerprint density at radius 3 is 2.46 bits per heavy atom. The standard InChI is InChI=1S/C11H25NS/c1-4-5-6-7-8-11(12-2)9-10-13-3/h11-12H,4-10H2,1-3H3. The Kier molecular flexibility index (Phi) is 10.6. The van der Waals surface area contributed by atoms with Crippen LogP contribution in [0.2, 0.25) is 0 Å². The van der Waals surface area contributed by atoms with Gasteiger partial charge in [0.1, 0.15) is 0 Å². The van der Waals surface area contributed by atoms with Crippen LogP contribution in [0.1, 0.15) is 45.4 Å². The van der Waals surface area contributed by atoms with Crippen molar-refractivity contribution in [3.05, 3.63) is 0 Å². The van der Waals surface area contributed by atoms with E-state index in [1.54, 1.807) is 0 Å². The Morgan fingerprint density at radius 1 is 1.15 bits per heavy atom. The molecule has 0 saturated heterocycles. The van der Waals surface area contributed by atoms with E-state index in [2.05, 4.69) is 25.5 Å². The number of thioether (sulfide) groups is 1. The van der Waals surface area contributed by atoms with Gasteiger partial charge < -0.3 is 5.32 Å². The van der Waals surface area contributed by atoms with Crippen LogP contribution in [0.25, 0.3) is 0 Å². The van der Waals surface area contributed by atoms with Gasteiger partial charge in [0.25, 0.3) is 0 Å². The van der Waals surface area contributed by atoms with Crippen molar-refractivity contribution in [1.29, 1.82) is 0 Å². The lowest BCUT2D eigenvalue weighted by atomic mass is 10.1. The number of hydrogen-bond donors (Lipinski definition) is 1. The molecule has 80 valence electrons. The van der Waals surface area contributed by atoms with E-state index in [1.165, 1.54) is 44.3 Å². The maximum absolute atomic E-state index is 3.40. The van der Waals surface area contributed by atoms with E-state index in [0.29, 0.717) is 0 Å². The van der Waals surface area contributed by atoms with Crippen LogP contribution in [0.5, 0.6) is 0 Å². The molecule has 0 aromatic heterocycles. The minimum Gasteiger partial charge on any atom is -0.317 e. The third-order valence-electron chi connectivity index (χ3n) is 2.48. The van der Waals surface area contributed by atoms with E-state index >= 15 is 0 Å². The van der Waals surface area contributed by atoms with Gasteiger partial charge in [-0.3, -0.25) is 0 Å². The molecule has 0 saturated carbocycles. The van der Waals surface area contributed by atoms with E-state index in [-0.39, 0.29) is 0 Å². The molecule has 2 heteroatoms. The van der Waals surface area contributed by atoms with Crippen LogP contribution in [-0.4, -0.2) is 25.1 Å². The SMILES string of the molecule is CCCCCCC(CCSC)NC. The highest BCUT2D eigenvalue weighted by Crippen LogP contribution is 2.09. The van der Waals surface area contributed by atoms with Crippen molar-refractivity contribution in [2.24, 2.45) is 0 Å². The van der Waals surface area contributed by atoms with Crippen molar-refractivity contribution in [1.82, 2.24) is 5.32 Å². The van der Waals surface area contributed by atoms with Crippen LogP contribution in [-0.2, 0) is 0 Å². The first-order chi connectivity index (χ1) is 6.35. The van der Waals surface area contributed by atoms with Gasteiger partial charge in [-0.1, -0.05) is 32.6 Å². The van der Waals surface area contributed by atoms with Crippen molar-refractivity contribution in [2.45, 2.75) is 51.5 Å². The monoisotopic (exact) mass is 203 g/mol. The molecule has 0 aliphatic heterocycles. The topological polar surface area (TPSA) is 12.0 Å². The molecule has 0 bridgehead atoms. The van der Waals surface area contributed by atoms with Crippen molar-refractivity contribution in [2.75, 3.05) is 19.1 Å². The van der Waals surface area contributed by atoms with Gasteiger partial charge in [-0.2, -0.15) is 11.8 Å². The van der Waals surface area contributed by atoms with E-state index < -0.39 is 0 Å². The molecule has 1 nitrogen and oxygen atoms in total. The molecule has 0 fully saturated rings. The number of hydrogen-bond acceptors (Lipinski definition) is 2. The summed E-state index contributed by atoms with van der Waals surface area (Å²) >= 11 is 1.95. The van der Waals surface area contributed by atoms with Gasteiger partial charge in [0, 0.05) is 6.04 Å². The molecule has 1 N–H and O–H groups in total. The molecule has 0 aliphatic rings. The second kappa shape index (κ2) is 10.4. The summed E-state index contributed by atoms with van der Waals surface area (Å²) in [5.74, 6) is 1.29.